The van der Waals surface area contributed by atoms with E-state index in [1.807, 2.05) is 0 Å². The number of benzene rings is 5. The average Bonchev–Trinajstić information content (AvgIpc) is 1.79. The average molecular weight is 1880 g/mol. The van der Waals surface area contributed by atoms with Crippen LogP contribution in [0.2, 0.25) is 0 Å². The van der Waals surface area contributed by atoms with Crippen molar-refractivity contribution in [3.63, 3.8) is 0 Å². The summed E-state index contributed by atoms with van der Waals surface area (Å²) >= 11 is 0.567. The predicted molar refractivity (Wildman–Crippen MR) is 476 cm³/mol. The third-order valence-electron chi connectivity index (χ3n) is 22.8. The highest BCUT2D eigenvalue weighted by Crippen LogP contribution is 2.27. The SMILES string of the molecule is CCCC[C@H]1C(=O)N(CCC)CC(=O)N[C@@H](CC(=O)O)C(=O)N[C@@H](C(C)C)C(=O)N(C)[C@@H](Cc2ccccc2)C(=O)N[C@@H](CCC(=O)O)C(=O)N2CCCC[C@@H]2C(=O)N[C@@H](Cc2c[nH]c3ccccc23)C(=O)N[C@@H](Cc2ccc(O)cc2)C(=O)N[C@@H](CO)C(=O)N[C@H](C(=O)NCC(N)=O)CSCC(=O)N[C@@H](Cc2cc(F)c(F)c(F)c2)C(=O)N(C)[C@@H](Cc2ccc(F)cc2)C(=O)N1C. The summed E-state index contributed by atoms with van der Waals surface area (Å²) < 4.78 is 59.6. The number of rotatable bonds is 25. The van der Waals surface area contributed by atoms with Gasteiger partial charge in [-0.05, 0) is 115 Å². The van der Waals surface area contributed by atoms with Crippen molar-refractivity contribution < 1.29 is 119 Å². The maximum Gasteiger partial charge on any atom is 0.305 e. The Morgan fingerprint density at radius 2 is 1.11 bits per heavy atom. The minimum Gasteiger partial charge on any atom is -0.508 e. The molecule has 2 saturated heterocycles. The second kappa shape index (κ2) is 50.2. The fraction of sp³-hybridized carbons (Fsp3) is 0.462. The van der Waals surface area contributed by atoms with Crippen LogP contribution in [0, 0.1) is 29.2 Å². The highest BCUT2D eigenvalue weighted by Gasteiger charge is 2.44. The molecule has 1 aromatic heterocycles. The number of unbranched alkanes of at least 4 members (excludes halogenated alkanes) is 1. The number of amides is 15. The second-order valence-corrected chi connectivity index (χ2v) is 34.1. The number of fused-ring (bicyclic) bond motifs is 2. The van der Waals surface area contributed by atoms with Crippen LogP contribution >= 0.6 is 11.8 Å². The molecular weight excluding hydrogens is 1760 g/mol. The summed E-state index contributed by atoms with van der Waals surface area (Å²) in [5.74, 6) is -28.0. The third kappa shape index (κ3) is 30.3. The Morgan fingerprint density at radius 3 is 1.74 bits per heavy atom. The molecule has 5 aromatic carbocycles. The van der Waals surface area contributed by atoms with E-state index < -0.39 is 278 Å². The number of likely N-dealkylation sites (N-methyl/N-ethyl adjacent to an activating group) is 3. The Morgan fingerprint density at radius 1 is 0.541 bits per heavy atom. The summed E-state index contributed by atoms with van der Waals surface area (Å²) in [4.78, 5) is 256. The summed E-state index contributed by atoms with van der Waals surface area (Å²) in [5, 5.41) is 64.6. The first-order valence-electron chi connectivity index (χ1n) is 43.4. The molecule has 15 amide bonds. The van der Waals surface area contributed by atoms with Crippen LogP contribution in [0.15, 0.2) is 121 Å². The number of hydrogen-bond donors (Lipinski definition) is 15. The highest BCUT2D eigenvalue weighted by atomic mass is 32.2. The highest BCUT2D eigenvalue weighted by molar-refractivity contribution is 8.00. The van der Waals surface area contributed by atoms with Crippen molar-refractivity contribution in [2.45, 2.75) is 197 Å². The number of aliphatic hydroxyl groups excluding tert-OH is 1. The largest absolute Gasteiger partial charge is 0.508 e. The number of aliphatic hydroxyl groups is 1. The van der Waals surface area contributed by atoms with Gasteiger partial charge in [0.15, 0.2) is 17.5 Å². The fourth-order valence-corrected chi connectivity index (χ4v) is 16.4. The number of halogens is 4. The quantitative estimate of drug-likeness (QED) is 0.0285. The van der Waals surface area contributed by atoms with Crippen molar-refractivity contribution in [1.82, 2.24) is 77.3 Å². The van der Waals surface area contributed by atoms with E-state index in [9.17, 15) is 67.6 Å². The van der Waals surface area contributed by atoms with Gasteiger partial charge in [-0.1, -0.05) is 113 Å². The molecule has 0 unspecified atom stereocenters. The van der Waals surface area contributed by atoms with Crippen LogP contribution in [0.3, 0.4) is 0 Å². The van der Waals surface area contributed by atoms with Crippen LogP contribution in [0.25, 0.3) is 10.9 Å². The van der Waals surface area contributed by atoms with Crippen molar-refractivity contribution in [2.24, 2.45) is 11.7 Å². The van der Waals surface area contributed by atoms with Gasteiger partial charge in [0.2, 0.25) is 88.6 Å². The van der Waals surface area contributed by atoms with E-state index >= 15 is 51.9 Å². The molecule has 6 aromatic rings. The molecule has 0 saturated carbocycles. The topological polar surface area (TPSA) is 537 Å². The van der Waals surface area contributed by atoms with Crippen LogP contribution in [0.1, 0.15) is 120 Å². The number of nitrogens with zero attached hydrogens (tertiary/aromatic N) is 5. The molecule has 2 aliphatic heterocycles. The first kappa shape index (κ1) is 105. The predicted octanol–water partition coefficient (Wildman–Crippen LogP) is 1.45. The molecule has 16 N–H and O–H groups in total. The molecule has 12 atom stereocenters. The summed E-state index contributed by atoms with van der Waals surface area (Å²) in [6.07, 6.45) is -2.29. The number of carboxylic acid groups (broad SMARTS) is 2. The van der Waals surface area contributed by atoms with Crippen molar-refractivity contribution in [2.75, 3.05) is 65.4 Å². The first-order chi connectivity index (χ1) is 63.2. The molecular formula is C91H114F4N16O21S. The zero-order valence-electron chi connectivity index (χ0n) is 74.6. The molecule has 37 nitrogen and oxygen atoms in total. The van der Waals surface area contributed by atoms with E-state index in [2.05, 4.69) is 52.8 Å². The van der Waals surface area contributed by atoms with E-state index in [4.69, 9.17) is 5.73 Å². The van der Waals surface area contributed by atoms with Crippen molar-refractivity contribution in [1.29, 1.82) is 0 Å². The van der Waals surface area contributed by atoms with Gasteiger partial charge in [-0.25, -0.2) is 17.6 Å². The van der Waals surface area contributed by atoms with Crippen LogP contribution < -0.4 is 53.6 Å². The number of carbonyl (C=O) groups excluding carboxylic acids is 15. The number of H-pyrrole nitrogens is 1. The van der Waals surface area contributed by atoms with Gasteiger partial charge in [0.05, 0.1) is 31.9 Å². The minimum absolute atomic E-state index is 0.0839. The Kier molecular flexibility index (Phi) is 39.6. The Bertz CT molecular complexity index is 5150. The third-order valence-corrected chi connectivity index (χ3v) is 23.8. The smallest absolute Gasteiger partial charge is 0.305 e. The molecule has 0 spiro atoms. The van der Waals surface area contributed by atoms with E-state index in [1.165, 1.54) is 64.3 Å². The van der Waals surface area contributed by atoms with Crippen LogP contribution in [0.5, 0.6) is 5.75 Å². The minimum atomic E-state index is -2.03. The molecule has 3 heterocycles. The number of carboxylic acids is 2. The van der Waals surface area contributed by atoms with Crippen LogP contribution in [0.4, 0.5) is 17.6 Å². The maximum atomic E-state index is 15.6. The monoisotopic (exact) mass is 1870 g/mol. The molecule has 8 rings (SSSR count). The number of thioether (sulfide) groups is 1. The standard InChI is InChI=1S/C91H114F4N16O21S/c1-8-10-22-70-90(131)110(34-9-2)46-74(115)99-65(43-77(119)120)83(124)106-79(50(3)4)91(132)108(6)71(40-51-18-12-11-13-19-51)86(127)101-62(32-33-76(117)118)88(129)111-35-17-16-23-69(111)85(126)103-64(42-55-44-97-61-21-15-14-20-58(55)61)82(123)102-63(38-52-26-30-57(113)31-27-52)81(122)104-67(47-112)84(125)105-68(80(121)98-45-73(96)114)48-133-49-75(116)100-66(39-54-36-59(93)78(95)60(94)37-54)87(128)109(7)72(89(130)107(70)5)41-53-24-28-56(92)29-25-53/h11-15,18-21,24-31,36-37,44,50,62-72,79,97,112-113H,8-10,16-17,22-23,32-35,38-43,45-49H2,1-7H3,(H2,96,114)(H,98,121)(H,99,115)(H,100,116)(H,101,127)(H,102,123)(H,103,126)(H,104,122)(H,105,125)(H,106,124)(H,117,118)(H,119,120)/t62-,63-,64-,65-,66-,67-,68-,69+,70-,71-,72-,79-/m0/s1. The zero-order chi connectivity index (χ0) is 97.6. The van der Waals surface area contributed by atoms with Gasteiger partial charge in [0.1, 0.15) is 84.1 Å². The van der Waals surface area contributed by atoms with E-state index in [1.54, 1.807) is 74.6 Å². The number of hydrogen-bond acceptors (Lipinski definition) is 20. The number of nitrogens with one attached hydrogen (secondary N) is 10. The fourth-order valence-electron chi connectivity index (χ4n) is 15.5. The second-order valence-electron chi connectivity index (χ2n) is 33.1. The van der Waals surface area contributed by atoms with Gasteiger partial charge in [-0.15, -0.1) is 11.8 Å². The number of piperidine rings is 1. The number of aliphatic carboxylic acids is 2. The summed E-state index contributed by atoms with van der Waals surface area (Å²) in [5.41, 5.74) is 6.86. The molecule has 0 aliphatic carbocycles. The van der Waals surface area contributed by atoms with Crippen molar-refractivity contribution >= 4 is 123 Å². The molecule has 133 heavy (non-hydrogen) atoms. The van der Waals surface area contributed by atoms with Crippen LogP contribution in [-0.4, -0.2) is 288 Å². The number of carbonyl (C=O) groups is 17. The number of primary amides is 1. The summed E-state index contributed by atoms with van der Waals surface area (Å²) in [7, 11) is 3.49. The molecule has 42 heteroatoms. The normalized spacial score (nSPS) is 22.7. The van der Waals surface area contributed by atoms with Crippen molar-refractivity contribution in [3.05, 3.63) is 173 Å². The van der Waals surface area contributed by atoms with E-state index in [0.717, 1.165) is 43.7 Å². The number of aromatic hydroxyl groups is 1. The van der Waals surface area contributed by atoms with Gasteiger partial charge in [0, 0.05) is 95.6 Å². The summed E-state index contributed by atoms with van der Waals surface area (Å²) in [6, 6.07) is 4.81. The molecule has 0 bridgehead atoms. The lowest BCUT2D eigenvalue weighted by Crippen LogP contribution is -2.63. The van der Waals surface area contributed by atoms with Crippen molar-refractivity contribution in [3.8, 4) is 5.75 Å². The van der Waals surface area contributed by atoms with Gasteiger partial charge in [0.25, 0.3) is 0 Å². The molecule has 718 valence electrons. The number of aromatic nitrogens is 1. The van der Waals surface area contributed by atoms with Gasteiger partial charge >= 0.3 is 11.9 Å². The number of nitrogens with two attached hydrogens (primary N) is 1. The Balaban J connectivity index is 1.24. The first-order valence-corrected chi connectivity index (χ1v) is 44.6. The number of aromatic amines is 1. The maximum absolute atomic E-state index is 15.6. The Hall–Kier alpha value is -13.5. The number of phenolic OH excluding ortho intramolecular Hbond substituents is 1. The molecule has 2 aliphatic rings. The zero-order valence-corrected chi connectivity index (χ0v) is 75.4. The Labute approximate surface area is 768 Å². The number of phenols is 1. The summed E-state index contributed by atoms with van der Waals surface area (Å²) in [6.45, 7) is 2.98. The van der Waals surface area contributed by atoms with Crippen LogP contribution in [-0.2, 0) is 114 Å². The lowest BCUT2D eigenvalue weighted by Gasteiger charge is -2.38. The molecule has 0 radical (unpaired) electrons. The van der Waals surface area contributed by atoms with Gasteiger partial charge in [-0.3, -0.25) is 81.5 Å². The van der Waals surface area contributed by atoms with E-state index in [-0.39, 0.29) is 74.9 Å². The lowest BCUT2D eigenvalue weighted by atomic mass is 9.97. The number of para-hydroxylation sites is 1. The molecule has 2 fully saturated rings. The van der Waals surface area contributed by atoms with E-state index in [0.29, 0.717) is 58.8 Å². The van der Waals surface area contributed by atoms with Gasteiger partial charge in [-0.2, -0.15) is 0 Å². The van der Waals surface area contributed by atoms with Gasteiger partial charge < -0.3 is 103 Å². The lowest BCUT2D eigenvalue weighted by molar-refractivity contribution is -0.152.